The molecule has 1 amide bonds. The van der Waals surface area contributed by atoms with Crippen LogP contribution >= 0.6 is 11.8 Å². The van der Waals surface area contributed by atoms with E-state index < -0.39 is 12.0 Å². The Bertz CT molecular complexity index is 730. The van der Waals surface area contributed by atoms with Gasteiger partial charge in [-0.3, -0.25) is 9.69 Å². The second-order valence-corrected chi connectivity index (χ2v) is 7.04. The van der Waals surface area contributed by atoms with E-state index in [1.54, 1.807) is 11.8 Å². The molecule has 0 aliphatic rings. The third kappa shape index (κ3) is 5.76. The summed E-state index contributed by atoms with van der Waals surface area (Å²) in [4.78, 5) is 25.3. The van der Waals surface area contributed by atoms with E-state index in [1.165, 1.54) is 10.8 Å². The van der Waals surface area contributed by atoms with Crippen LogP contribution < -0.4 is 5.32 Å². The SMILES string of the molecule is CSCC[C@H](NC(=O)CN(C)Cc1cccc2ccccc12)C(=O)O. The first-order valence-corrected chi connectivity index (χ1v) is 9.57. The molecular formula is C19H24N2O3S. The third-order valence-electron chi connectivity index (χ3n) is 3.98. The monoisotopic (exact) mass is 360 g/mol. The van der Waals surface area contributed by atoms with Gasteiger partial charge in [0.2, 0.25) is 5.91 Å². The van der Waals surface area contributed by atoms with Gasteiger partial charge in [-0.15, -0.1) is 0 Å². The number of carboxylic acid groups (broad SMARTS) is 1. The largest absolute Gasteiger partial charge is 0.480 e. The maximum Gasteiger partial charge on any atom is 0.326 e. The van der Waals surface area contributed by atoms with Crippen LogP contribution in [0.25, 0.3) is 10.8 Å². The highest BCUT2D eigenvalue weighted by Gasteiger charge is 2.20. The predicted octanol–water partition coefficient (Wildman–Crippen LogP) is 2.59. The highest BCUT2D eigenvalue weighted by Crippen LogP contribution is 2.19. The number of aliphatic carboxylic acids is 1. The van der Waals surface area contributed by atoms with E-state index in [-0.39, 0.29) is 12.5 Å². The number of rotatable bonds is 9. The number of nitrogens with one attached hydrogen (secondary N) is 1. The van der Waals surface area contributed by atoms with Crippen molar-refractivity contribution in [2.24, 2.45) is 0 Å². The maximum absolute atomic E-state index is 12.2. The van der Waals surface area contributed by atoms with Crippen molar-refractivity contribution in [2.75, 3.05) is 25.6 Å². The normalized spacial score (nSPS) is 12.3. The molecule has 0 unspecified atom stereocenters. The Morgan fingerprint density at radius 1 is 1.20 bits per heavy atom. The molecule has 1 atom stereocenters. The van der Waals surface area contributed by atoms with E-state index in [4.69, 9.17) is 0 Å². The summed E-state index contributed by atoms with van der Waals surface area (Å²) < 4.78 is 0. The number of likely N-dealkylation sites (N-methyl/N-ethyl adjacent to an activating group) is 1. The van der Waals surface area contributed by atoms with Crippen molar-refractivity contribution >= 4 is 34.4 Å². The summed E-state index contributed by atoms with van der Waals surface area (Å²) in [6, 6.07) is 13.4. The topological polar surface area (TPSA) is 69.6 Å². The highest BCUT2D eigenvalue weighted by molar-refractivity contribution is 7.98. The molecule has 0 bridgehead atoms. The molecule has 0 saturated carbocycles. The van der Waals surface area contributed by atoms with Gasteiger partial charge in [0.15, 0.2) is 0 Å². The van der Waals surface area contributed by atoms with Gasteiger partial charge in [0.05, 0.1) is 6.54 Å². The van der Waals surface area contributed by atoms with Crippen molar-refractivity contribution in [1.82, 2.24) is 10.2 Å². The van der Waals surface area contributed by atoms with E-state index in [0.717, 1.165) is 5.56 Å². The Morgan fingerprint density at radius 2 is 1.92 bits per heavy atom. The summed E-state index contributed by atoms with van der Waals surface area (Å²) >= 11 is 1.57. The minimum Gasteiger partial charge on any atom is -0.480 e. The van der Waals surface area contributed by atoms with Gasteiger partial charge in [0.25, 0.3) is 0 Å². The van der Waals surface area contributed by atoms with Gasteiger partial charge in [-0.2, -0.15) is 11.8 Å². The molecule has 2 aromatic rings. The molecule has 134 valence electrons. The standard InChI is InChI=1S/C19H24N2O3S/c1-21(13-18(22)20-17(19(23)24)10-11-25-2)12-15-8-5-7-14-6-3-4-9-16(14)15/h3-9,17H,10-13H2,1-2H3,(H,20,22)(H,23,24)/t17-/m0/s1. The fourth-order valence-electron chi connectivity index (χ4n) is 2.76. The minimum atomic E-state index is -0.987. The molecule has 6 heteroatoms. The fraction of sp³-hybridized carbons (Fsp3) is 0.368. The Balaban J connectivity index is 1.95. The lowest BCUT2D eigenvalue weighted by atomic mass is 10.0. The van der Waals surface area contributed by atoms with Crippen LogP contribution in [0.2, 0.25) is 0 Å². The van der Waals surface area contributed by atoms with Gasteiger partial charge in [-0.1, -0.05) is 42.5 Å². The lowest BCUT2D eigenvalue weighted by Gasteiger charge is -2.20. The number of hydrogen-bond acceptors (Lipinski definition) is 4. The number of carboxylic acids is 1. The van der Waals surface area contributed by atoms with Gasteiger partial charge >= 0.3 is 5.97 Å². The van der Waals surface area contributed by atoms with Crippen molar-refractivity contribution in [2.45, 2.75) is 19.0 Å². The maximum atomic E-state index is 12.2. The van der Waals surface area contributed by atoms with Crippen molar-refractivity contribution in [3.8, 4) is 0 Å². The molecule has 0 radical (unpaired) electrons. The summed E-state index contributed by atoms with van der Waals surface area (Å²) in [5.41, 5.74) is 1.14. The first kappa shape index (κ1) is 19.3. The fourth-order valence-corrected chi connectivity index (χ4v) is 3.23. The summed E-state index contributed by atoms with van der Waals surface area (Å²) in [6.07, 6.45) is 2.34. The van der Waals surface area contributed by atoms with Crippen LogP contribution in [0.5, 0.6) is 0 Å². The summed E-state index contributed by atoms with van der Waals surface area (Å²) in [6.45, 7) is 0.781. The number of benzene rings is 2. The molecule has 0 spiro atoms. The second kappa shape index (κ2) is 9.44. The van der Waals surface area contributed by atoms with Gasteiger partial charge < -0.3 is 10.4 Å². The van der Waals surface area contributed by atoms with E-state index in [2.05, 4.69) is 29.6 Å². The molecule has 0 fully saturated rings. The van der Waals surface area contributed by atoms with Crippen molar-refractivity contribution in [3.63, 3.8) is 0 Å². The summed E-state index contributed by atoms with van der Waals surface area (Å²) in [5.74, 6) is -0.557. The van der Waals surface area contributed by atoms with Gasteiger partial charge in [0.1, 0.15) is 6.04 Å². The van der Waals surface area contributed by atoms with Crippen LogP contribution in [-0.2, 0) is 16.1 Å². The lowest BCUT2D eigenvalue weighted by Crippen LogP contribution is -2.45. The zero-order valence-electron chi connectivity index (χ0n) is 14.6. The van der Waals surface area contributed by atoms with Crippen LogP contribution in [0.1, 0.15) is 12.0 Å². The number of carbonyl (C=O) groups excluding carboxylic acids is 1. The molecule has 0 aromatic heterocycles. The molecule has 2 aromatic carbocycles. The smallest absolute Gasteiger partial charge is 0.326 e. The van der Waals surface area contributed by atoms with Gasteiger partial charge in [-0.25, -0.2) is 4.79 Å². The number of nitrogens with zero attached hydrogens (tertiary/aromatic N) is 1. The zero-order valence-corrected chi connectivity index (χ0v) is 15.4. The molecule has 0 aliphatic heterocycles. The molecule has 25 heavy (non-hydrogen) atoms. The first-order chi connectivity index (χ1) is 12.0. The molecular weight excluding hydrogens is 336 g/mol. The lowest BCUT2D eigenvalue weighted by molar-refractivity contribution is -0.142. The average Bonchev–Trinajstić information content (AvgIpc) is 2.58. The van der Waals surface area contributed by atoms with Crippen molar-refractivity contribution in [3.05, 3.63) is 48.0 Å². The third-order valence-corrected chi connectivity index (χ3v) is 4.62. The highest BCUT2D eigenvalue weighted by atomic mass is 32.2. The predicted molar refractivity (Wildman–Crippen MR) is 103 cm³/mol. The number of thioether (sulfide) groups is 1. The van der Waals surface area contributed by atoms with Gasteiger partial charge in [-0.05, 0) is 41.8 Å². The van der Waals surface area contributed by atoms with E-state index >= 15 is 0 Å². The van der Waals surface area contributed by atoms with E-state index in [1.807, 2.05) is 36.4 Å². The summed E-state index contributed by atoms with van der Waals surface area (Å²) in [5, 5.41) is 14.1. The molecule has 2 N–H and O–H groups in total. The van der Waals surface area contributed by atoms with E-state index in [9.17, 15) is 14.7 Å². The quantitative estimate of drug-likeness (QED) is 0.719. The minimum absolute atomic E-state index is 0.159. The van der Waals surface area contributed by atoms with Crippen LogP contribution in [-0.4, -0.2) is 53.5 Å². The Labute approximate surface area is 152 Å². The van der Waals surface area contributed by atoms with Crippen LogP contribution in [0, 0.1) is 0 Å². The van der Waals surface area contributed by atoms with Crippen LogP contribution in [0.15, 0.2) is 42.5 Å². The molecule has 0 saturated heterocycles. The zero-order chi connectivity index (χ0) is 18.2. The van der Waals surface area contributed by atoms with Crippen LogP contribution in [0.3, 0.4) is 0 Å². The number of amides is 1. The van der Waals surface area contributed by atoms with E-state index in [0.29, 0.717) is 18.7 Å². The number of fused-ring (bicyclic) bond motifs is 1. The molecule has 5 nitrogen and oxygen atoms in total. The average molecular weight is 360 g/mol. The molecule has 0 heterocycles. The number of carbonyl (C=O) groups is 2. The first-order valence-electron chi connectivity index (χ1n) is 8.17. The van der Waals surface area contributed by atoms with Crippen molar-refractivity contribution in [1.29, 1.82) is 0 Å². The second-order valence-electron chi connectivity index (χ2n) is 6.05. The molecule has 2 rings (SSSR count). The van der Waals surface area contributed by atoms with Crippen LogP contribution in [0.4, 0.5) is 0 Å². The Kier molecular flexibility index (Phi) is 7.28. The van der Waals surface area contributed by atoms with Gasteiger partial charge in [0, 0.05) is 6.54 Å². The van der Waals surface area contributed by atoms with Crippen molar-refractivity contribution < 1.29 is 14.7 Å². The Hall–Kier alpha value is -2.05. The Morgan fingerprint density at radius 3 is 2.64 bits per heavy atom. The number of hydrogen-bond donors (Lipinski definition) is 2. The summed E-state index contributed by atoms with van der Waals surface area (Å²) in [7, 11) is 1.86. The molecule has 0 aliphatic carbocycles.